The Bertz CT molecular complexity index is 1070. The fourth-order valence-corrected chi connectivity index (χ4v) is 3.30. The van der Waals surface area contributed by atoms with Crippen LogP contribution in [0.5, 0.6) is 0 Å². The SMILES string of the molecule is Nc1nn2cccnc2c1-c1cc(N2Cc3ccccc3C2)ncn1.[HH].[HH]. The maximum atomic E-state index is 6.11. The Morgan fingerprint density at radius 2 is 1.80 bits per heavy atom. The molecule has 0 atom stereocenters. The van der Waals surface area contributed by atoms with Gasteiger partial charge in [-0.1, -0.05) is 24.3 Å². The van der Waals surface area contributed by atoms with Crippen LogP contribution in [0.3, 0.4) is 0 Å². The maximum Gasteiger partial charge on any atom is 0.166 e. The van der Waals surface area contributed by atoms with Crippen molar-refractivity contribution >= 4 is 17.3 Å². The largest absolute Gasteiger partial charge is 0.382 e. The topological polar surface area (TPSA) is 85.2 Å². The van der Waals surface area contributed by atoms with Crippen LogP contribution < -0.4 is 10.6 Å². The number of nitrogens with two attached hydrogens (primary N) is 1. The molecule has 7 nitrogen and oxygen atoms in total. The van der Waals surface area contributed by atoms with E-state index in [0.29, 0.717) is 11.5 Å². The van der Waals surface area contributed by atoms with Crippen molar-refractivity contribution in [3.63, 3.8) is 0 Å². The lowest BCUT2D eigenvalue weighted by Gasteiger charge is -2.16. The van der Waals surface area contributed by atoms with Crippen LogP contribution >= 0.6 is 0 Å². The van der Waals surface area contributed by atoms with Gasteiger partial charge in [0, 0.05) is 34.4 Å². The molecule has 0 spiro atoms. The quantitative estimate of drug-likeness (QED) is 0.607. The molecule has 1 aromatic carbocycles. The molecule has 0 aliphatic carbocycles. The molecule has 0 bridgehead atoms. The van der Waals surface area contributed by atoms with Crippen LogP contribution in [0.2, 0.25) is 0 Å². The minimum absolute atomic E-state index is 0. The van der Waals surface area contributed by atoms with Crippen LogP contribution in [-0.4, -0.2) is 24.6 Å². The lowest BCUT2D eigenvalue weighted by molar-refractivity contribution is 0.852. The fraction of sp³-hybridized carbons (Fsp3) is 0.111. The summed E-state index contributed by atoms with van der Waals surface area (Å²) in [5.41, 5.74) is 10.9. The maximum absolute atomic E-state index is 6.11. The van der Waals surface area contributed by atoms with Crippen LogP contribution in [0.4, 0.5) is 11.6 Å². The Labute approximate surface area is 146 Å². The fourth-order valence-electron chi connectivity index (χ4n) is 3.30. The van der Waals surface area contributed by atoms with Gasteiger partial charge < -0.3 is 10.6 Å². The van der Waals surface area contributed by atoms with E-state index in [-0.39, 0.29) is 2.85 Å². The minimum Gasteiger partial charge on any atom is -0.382 e. The number of nitrogen functional groups attached to an aromatic ring is 1. The van der Waals surface area contributed by atoms with E-state index in [4.69, 9.17) is 5.73 Å². The summed E-state index contributed by atoms with van der Waals surface area (Å²) in [5.74, 6) is 1.28. The molecule has 0 radical (unpaired) electrons. The number of aromatic nitrogens is 5. The number of hydrogen-bond donors (Lipinski definition) is 1. The molecule has 0 unspecified atom stereocenters. The number of anilines is 2. The molecule has 2 N–H and O–H groups in total. The summed E-state index contributed by atoms with van der Waals surface area (Å²) < 4.78 is 1.66. The molecular weight excluding hydrogens is 314 g/mol. The van der Waals surface area contributed by atoms with Gasteiger partial charge in [0.15, 0.2) is 11.5 Å². The first kappa shape index (κ1) is 13.9. The molecule has 126 valence electrons. The van der Waals surface area contributed by atoms with Gasteiger partial charge in [-0.05, 0) is 17.2 Å². The van der Waals surface area contributed by atoms with Crippen LogP contribution in [-0.2, 0) is 13.1 Å². The van der Waals surface area contributed by atoms with Crippen molar-refractivity contribution in [2.24, 2.45) is 0 Å². The monoisotopic (exact) mass is 333 g/mol. The Kier molecular flexibility index (Phi) is 2.93. The van der Waals surface area contributed by atoms with Gasteiger partial charge in [-0.15, -0.1) is 5.10 Å². The molecule has 5 rings (SSSR count). The lowest BCUT2D eigenvalue weighted by Crippen LogP contribution is -2.16. The summed E-state index contributed by atoms with van der Waals surface area (Å²) in [7, 11) is 0. The van der Waals surface area contributed by atoms with Gasteiger partial charge in [0.2, 0.25) is 0 Å². The van der Waals surface area contributed by atoms with E-state index >= 15 is 0 Å². The van der Waals surface area contributed by atoms with E-state index in [1.165, 1.54) is 11.1 Å². The average Bonchev–Trinajstić information content (AvgIpc) is 3.22. The highest BCUT2D eigenvalue weighted by Gasteiger charge is 2.21. The average molecular weight is 333 g/mol. The van der Waals surface area contributed by atoms with Crippen molar-refractivity contribution in [3.8, 4) is 11.3 Å². The third-order valence-electron chi connectivity index (χ3n) is 4.50. The van der Waals surface area contributed by atoms with Crippen molar-refractivity contribution in [1.29, 1.82) is 0 Å². The molecule has 25 heavy (non-hydrogen) atoms. The van der Waals surface area contributed by atoms with Gasteiger partial charge in [0.1, 0.15) is 12.1 Å². The van der Waals surface area contributed by atoms with Crippen molar-refractivity contribution in [2.45, 2.75) is 13.1 Å². The zero-order valence-electron chi connectivity index (χ0n) is 13.4. The van der Waals surface area contributed by atoms with Crippen LogP contribution in [0.1, 0.15) is 14.0 Å². The number of hydrogen-bond acceptors (Lipinski definition) is 6. The summed E-state index contributed by atoms with van der Waals surface area (Å²) in [6.45, 7) is 1.68. The first-order chi connectivity index (χ1) is 12.3. The summed E-state index contributed by atoms with van der Waals surface area (Å²) in [4.78, 5) is 15.5. The molecule has 4 aromatic rings. The molecule has 1 aliphatic rings. The molecule has 7 heteroatoms. The highest BCUT2D eigenvalue weighted by atomic mass is 15.3. The predicted molar refractivity (Wildman–Crippen MR) is 99.0 cm³/mol. The van der Waals surface area contributed by atoms with Crippen LogP contribution in [0, 0.1) is 0 Å². The minimum atomic E-state index is 0. The number of fused-ring (bicyclic) bond motifs is 2. The second kappa shape index (κ2) is 5.27. The van der Waals surface area contributed by atoms with Gasteiger partial charge in [-0.25, -0.2) is 19.5 Å². The van der Waals surface area contributed by atoms with Crippen molar-refractivity contribution in [1.82, 2.24) is 24.6 Å². The van der Waals surface area contributed by atoms with E-state index < -0.39 is 0 Å². The highest BCUT2D eigenvalue weighted by molar-refractivity contribution is 5.84. The molecule has 0 saturated heterocycles. The molecule has 4 heterocycles. The third kappa shape index (κ3) is 2.20. The Hall–Kier alpha value is -3.48. The van der Waals surface area contributed by atoms with Gasteiger partial charge in [-0.3, -0.25) is 0 Å². The summed E-state index contributed by atoms with van der Waals surface area (Å²) >= 11 is 0. The van der Waals surface area contributed by atoms with E-state index in [1.807, 2.05) is 18.3 Å². The Morgan fingerprint density at radius 1 is 1.00 bits per heavy atom. The number of rotatable bonds is 2. The first-order valence-electron chi connectivity index (χ1n) is 8.02. The molecule has 0 fully saturated rings. The van der Waals surface area contributed by atoms with E-state index in [1.54, 1.807) is 17.0 Å². The number of nitrogens with zero attached hydrogens (tertiary/aromatic N) is 6. The summed E-state index contributed by atoms with van der Waals surface area (Å²) in [6.07, 6.45) is 5.11. The zero-order chi connectivity index (χ0) is 16.8. The summed E-state index contributed by atoms with van der Waals surface area (Å²) in [5, 5.41) is 4.31. The van der Waals surface area contributed by atoms with Gasteiger partial charge in [-0.2, -0.15) is 0 Å². The van der Waals surface area contributed by atoms with E-state index in [0.717, 1.165) is 30.2 Å². The molecule has 0 amide bonds. The van der Waals surface area contributed by atoms with Crippen molar-refractivity contribution in [2.75, 3.05) is 10.6 Å². The van der Waals surface area contributed by atoms with Crippen LogP contribution in [0.15, 0.2) is 55.1 Å². The molecule has 0 saturated carbocycles. The van der Waals surface area contributed by atoms with E-state index in [9.17, 15) is 0 Å². The van der Waals surface area contributed by atoms with Crippen molar-refractivity contribution in [3.05, 3.63) is 66.2 Å². The molecular formula is C18H19N7. The standard InChI is InChI=1S/C18H15N7.2H2/c19-17-16(18-20-6-3-7-25(18)23-17)14-8-15(22-11-21-14)24-9-12-4-1-2-5-13(12)10-24;;/h1-8,11H,9-10H2,(H2,19,23);2*1H. The summed E-state index contributed by atoms with van der Waals surface area (Å²) in [6, 6.07) is 12.2. The molecule has 3 aromatic heterocycles. The predicted octanol–water partition coefficient (Wildman–Crippen LogP) is 2.78. The normalized spacial score (nSPS) is 13.4. The van der Waals surface area contributed by atoms with Crippen LogP contribution in [0.25, 0.3) is 16.9 Å². The third-order valence-corrected chi connectivity index (χ3v) is 4.50. The second-order valence-corrected chi connectivity index (χ2v) is 6.03. The Morgan fingerprint density at radius 3 is 2.60 bits per heavy atom. The van der Waals surface area contributed by atoms with E-state index in [2.05, 4.69) is 49.2 Å². The van der Waals surface area contributed by atoms with Gasteiger partial charge in [0.25, 0.3) is 0 Å². The van der Waals surface area contributed by atoms with Gasteiger partial charge in [0.05, 0.1) is 11.3 Å². The van der Waals surface area contributed by atoms with Crippen molar-refractivity contribution < 1.29 is 2.85 Å². The first-order valence-corrected chi connectivity index (χ1v) is 8.02. The lowest BCUT2D eigenvalue weighted by atomic mass is 10.1. The second-order valence-electron chi connectivity index (χ2n) is 6.03. The zero-order valence-corrected chi connectivity index (χ0v) is 13.4. The number of benzene rings is 1. The van der Waals surface area contributed by atoms with Gasteiger partial charge >= 0.3 is 0 Å². The molecule has 1 aliphatic heterocycles. The smallest absolute Gasteiger partial charge is 0.166 e. The highest BCUT2D eigenvalue weighted by Crippen LogP contribution is 2.31. The Balaban J connectivity index is 0.00000105.